The Bertz CT molecular complexity index is 181. The summed E-state index contributed by atoms with van der Waals surface area (Å²) in [6.45, 7) is 0.703. The van der Waals surface area contributed by atoms with Crippen molar-refractivity contribution < 1.29 is 19.1 Å². The zero-order valence-electron chi connectivity index (χ0n) is 8.87. The van der Waals surface area contributed by atoms with Crippen molar-refractivity contribution >= 4 is 23.9 Å². The minimum atomic E-state index is -0.433. The lowest BCUT2D eigenvalue weighted by Gasteiger charge is -2.04. The molecule has 88 valence electrons. The van der Waals surface area contributed by atoms with Gasteiger partial charge in [0.05, 0.1) is 0 Å². The van der Waals surface area contributed by atoms with Crippen LogP contribution in [0.1, 0.15) is 0 Å². The van der Waals surface area contributed by atoms with Gasteiger partial charge < -0.3 is 20.1 Å². The molecule has 0 fully saturated rings. The third-order valence-electron chi connectivity index (χ3n) is 1.33. The molecule has 6 nitrogen and oxygen atoms in total. The first-order chi connectivity index (χ1) is 7.20. The van der Waals surface area contributed by atoms with Crippen LogP contribution in [0.25, 0.3) is 0 Å². The molecule has 0 aliphatic carbocycles. The first-order valence-corrected chi connectivity index (χ1v) is 5.63. The van der Waals surface area contributed by atoms with Crippen LogP contribution in [-0.2, 0) is 9.47 Å². The lowest BCUT2D eigenvalue weighted by atomic mass is 10.8. The Balaban J connectivity index is 3.11. The molecule has 0 unspecified atom stereocenters. The summed E-state index contributed by atoms with van der Waals surface area (Å²) in [5.41, 5.74) is 0. The third kappa shape index (κ3) is 9.20. The Morgan fingerprint density at radius 2 is 1.40 bits per heavy atom. The van der Waals surface area contributed by atoms with Crippen LogP contribution in [0.15, 0.2) is 0 Å². The fourth-order valence-electron chi connectivity index (χ4n) is 0.633. The van der Waals surface area contributed by atoms with Crippen LogP contribution in [0.5, 0.6) is 0 Å². The number of ether oxygens (including phenoxy) is 2. The molecule has 2 amide bonds. The first kappa shape index (κ1) is 13.9. The second kappa shape index (κ2) is 9.45. The van der Waals surface area contributed by atoms with Crippen LogP contribution in [0.4, 0.5) is 9.59 Å². The van der Waals surface area contributed by atoms with Gasteiger partial charge in [-0.2, -0.15) is 11.8 Å². The summed E-state index contributed by atoms with van der Waals surface area (Å²) in [6.07, 6.45) is -0.866. The molecule has 2 N–H and O–H groups in total. The van der Waals surface area contributed by atoms with Crippen LogP contribution in [0, 0.1) is 0 Å². The maximum Gasteiger partial charge on any atom is 0.406 e. The maximum absolute atomic E-state index is 10.6. The highest BCUT2D eigenvalue weighted by molar-refractivity contribution is 7.99. The van der Waals surface area contributed by atoms with Crippen molar-refractivity contribution in [2.75, 3.05) is 38.8 Å². The molecule has 0 aliphatic rings. The van der Waals surface area contributed by atoms with Crippen molar-refractivity contribution in [3.63, 3.8) is 0 Å². The zero-order chi connectivity index (χ0) is 11.5. The lowest BCUT2D eigenvalue weighted by molar-refractivity contribution is 0.155. The standard InChI is InChI=1S/C8H16N2O4S/c1-9-7(11)13-3-5-15-6-4-14-8(12)10-2/h3-6H2,1-2H3,(H,9,11)(H,10,12). The monoisotopic (exact) mass is 236 g/mol. The number of hydrogen-bond donors (Lipinski definition) is 2. The quantitative estimate of drug-likeness (QED) is 0.654. The molecule has 0 aromatic heterocycles. The highest BCUT2D eigenvalue weighted by atomic mass is 32.2. The van der Waals surface area contributed by atoms with Crippen molar-refractivity contribution in [3.8, 4) is 0 Å². The van der Waals surface area contributed by atoms with Crippen molar-refractivity contribution in [2.24, 2.45) is 0 Å². The van der Waals surface area contributed by atoms with E-state index in [9.17, 15) is 9.59 Å². The predicted molar refractivity (Wildman–Crippen MR) is 58.1 cm³/mol. The predicted octanol–water partition coefficient (Wildman–Crippen LogP) is 0.432. The summed E-state index contributed by atoms with van der Waals surface area (Å²) in [4.78, 5) is 21.2. The Kier molecular flexibility index (Phi) is 8.75. The summed E-state index contributed by atoms with van der Waals surface area (Å²) in [6, 6.07) is 0. The Hall–Kier alpha value is -1.11. The average Bonchev–Trinajstić information content (AvgIpc) is 2.26. The van der Waals surface area contributed by atoms with Gasteiger partial charge in [0.1, 0.15) is 13.2 Å². The van der Waals surface area contributed by atoms with Crippen LogP contribution in [-0.4, -0.2) is 51.0 Å². The summed E-state index contributed by atoms with van der Waals surface area (Å²) >= 11 is 1.55. The topological polar surface area (TPSA) is 76.7 Å². The molecule has 7 heteroatoms. The number of carbonyl (C=O) groups excluding carboxylic acids is 2. The number of alkyl carbamates (subject to hydrolysis) is 2. The molecule has 0 rings (SSSR count). The zero-order valence-corrected chi connectivity index (χ0v) is 9.69. The number of rotatable bonds is 6. The molecule has 0 heterocycles. The SMILES string of the molecule is CNC(=O)OCCSCCOC(=O)NC. The minimum absolute atomic E-state index is 0.352. The largest absolute Gasteiger partial charge is 0.449 e. The van der Waals surface area contributed by atoms with Gasteiger partial charge in [0.25, 0.3) is 0 Å². The van der Waals surface area contributed by atoms with Gasteiger partial charge in [-0.1, -0.05) is 0 Å². The van der Waals surface area contributed by atoms with Crippen molar-refractivity contribution in [3.05, 3.63) is 0 Å². The van der Waals surface area contributed by atoms with E-state index in [0.29, 0.717) is 24.7 Å². The Morgan fingerprint density at radius 1 is 1.00 bits per heavy atom. The molecule has 0 bridgehead atoms. The minimum Gasteiger partial charge on any atom is -0.449 e. The highest BCUT2D eigenvalue weighted by Gasteiger charge is 1.98. The normalized spacial score (nSPS) is 9.20. The molecule has 0 atom stereocenters. The molecule has 0 aromatic carbocycles. The lowest BCUT2D eigenvalue weighted by Crippen LogP contribution is -2.21. The van der Waals surface area contributed by atoms with E-state index >= 15 is 0 Å². The van der Waals surface area contributed by atoms with Gasteiger partial charge in [-0.15, -0.1) is 0 Å². The van der Waals surface area contributed by atoms with E-state index in [1.54, 1.807) is 11.8 Å². The van der Waals surface area contributed by atoms with E-state index in [1.807, 2.05) is 0 Å². The summed E-state index contributed by atoms with van der Waals surface area (Å²) in [5, 5.41) is 4.68. The van der Waals surface area contributed by atoms with E-state index in [2.05, 4.69) is 10.6 Å². The molecule has 15 heavy (non-hydrogen) atoms. The van der Waals surface area contributed by atoms with E-state index < -0.39 is 12.2 Å². The van der Waals surface area contributed by atoms with Crippen LogP contribution in [0.3, 0.4) is 0 Å². The molecule has 0 aliphatic heterocycles. The van der Waals surface area contributed by atoms with E-state index in [0.717, 1.165) is 0 Å². The van der Waals surface area contributed by atoms with Gasteiger partial charge in [-0.3, -0.25) is 0 Å². The van der Waals surface area contributed by atoms with Crippen molar-refractivity contribution in [1.82, 2.24) is 10.6 Å². The molecule has 0 radical (unpaired) electrons. The summed E-state index contributed by atoms with van der Waals surface area (Å²) < 4.78 is 9.50. The highest BCUT2D eigenvalue weighted by Crippen LogP contribution is 1.99. The number of carbonyl (C=O) groups is 2. The van der Waals surface area contributed by atoms with Gasteiger partial charge in [-0.05, 0) is 0 Å². The van der Waals surface area contributed by atoms with Crippen LogP contribution < -0.4 is 10.6 Å². The Labute approximate surface area is 93.1 Å². The molecule has 0 saturated heterocycles. The van der Waals surface area contributed by atoms with E-state index in [-0.39, 0.29) is 0 Å². The molecular formula is C8H16N2O4S. The summed E-state index contributed by atoms with van der Waals surface area (Å²) in [7, 11) is 3.01. The van der Waals surface area contributed by atoms with Gasteiger partial charge in [-0.25, -0.2) is 9.59 Å². The van der Waals surface area contributed by atoms with Gasteiger partial charge in [0, 0.05) is 25.6 Å². The molecule has 0 aromatic rings. The average molecular weight is 236 g/mol. The van der Waals surface area contributed by atoms with Gasteiger partial charge >= 0.3 is 12.2 Å². The van der Waals surface area contributed by atoms with E-state index in [1.165, 1.54) is 14.1 Å². The number of hydrogen-bond acceptors (Lipinski definition) is 5. The van der Waals surface area contributed by atoms with E-state index in [4.69, 9.17) is 9.47 Å². The fourth-order valence-corrected chi connectivity index (χ4v) is 1.24. The molecule has 0 spiro atoms. The number of thioether (sulfide) groups is 1. The van der Waals surface area contributed by atoms with Crippen molar-refractivity contribution in [1.29, 1.82) is 0 Å². The first-order valence-electron chi connectivity index (χ1n) is 4.47. The molecule has 0 saturated carbocycles. The summed E-state index contributed by atoms with van der Waals surface area (Å²) in [5.74, 6) is 1.37. The second-order valence-corrected chi connectivity index (χ2v) is 3.61. The smallest absolute Gasteiger partial charge is 0.406 e. The fraction of sp³-hybridized carbons (Fsp3) is 0.750. The van der Waals surface area contributed by atoms with Gasteiger partial charge in [0.2, 0.25) is 0 Å². The number of amides is 2. The second-order valence-electron chi connectivity index (χ2n) is 2.38. The number of nitrogens with one attached hydrogen (secondary N) is 2. The molecular weight excluding hydrogens is 220 g/mol. The van der Waals surface area contributed by atoms with Crippen molar-refractivity contribution in [2.45, 2.75) is 0 Å². The maximum atomic E-state index is 10.6. The Morgan fingerprint density at radius 3 is 1.73 bits per heavy atom. The van der Waals surface area contributed by atoms with Crippen LogP contribution in [0.2, 0.25) is 0 Å². The third-order valence-corrected chi connectivity index (χ3v) is 2.24. The van der Waals surface area contributed by atoms with Crippen LogP contribution >= 0.6 is 11.8 Å². The van der Waals surface area contributed by atoms with Gasteiger partial charge in [0.15, 0.2) is 0 Å².